The molecule has 8 rings (SSSR count). The lowest BCUT2D eigenvalue weighted by atomic mass is 9.93. The van der Waals surface area contributed by atoms with E-state index in [9.17, 15) is 0 Å². The highest BCUT2D eigenvalue weighted by molar-refractivity contribution is 7.17. The molecule has 0 aliphatic rings. The second-order valence-electron chi connectivity index (χ2n) is 10.9. The minimum atomic E-state index is 0.957. The third-order valence-electron chi connectivity index (χ3n) is 8.13. The summed E-state index contributed by atoms with van der Waals surface area (Å²) in [7, 11) is 0. The van der Waals surface area contributed by atoms with Gasteiger partial charge in [-0.1, -0.05) is 115 Å². The molecule has 0 unspecified atom stereocenters. The zero-order valence-corrected chi connectivity index (χ0v) is 24.6. The van der Waals surface area contributed by atoms with E-state index in [0.717, 1.165) is 28.1 Å². The molecule has 8 aromatic rings. The van der Waals surface area contributed by atoms with Crippen molar-refractivity contribution in [2.75, 3.05) is 0 Å². The van der Waals surface area contributed by atoms with Crippen molar-refractivity contribution in [3.05, 3.63) is 157 Å². The number of para-hydroxylation sites is 2. The number of aromatic nitrogens is 2. The average Bonchev–Trinajstić information content (AvgIpc) is 3.66. The molecule has 0 radical (unpaired) electrons. The number of hydrogen-bond acceptors (Lipinski definition) is 2. The fraction of sp³-hybridized carbons (Fsp3) is 0.0250. The van der Waals surface area contributed by atoms with Crippen LogP contribution in [0.4, 0.5) is 0 Å². The van der Waals surface area contributed by atoms with Crippen LogP contribution in [-0.2, 0) is 0 Å². The largest absolute Gasteiger partial charge is 0.291 e. The molecule has 0 aliphatic heterocycles. The first kappa shape index (κ1) is 25.5. The van der Waals surface area contributed by atoms with Gasteiger partial charge >= 0.3 is 0 Å². The van der Waals surface area contributed by atoms with E-state index in [0.29, 0.717) is 0 Å². The predicted octanol–water partition coefficient (Wildman–Crippen LogP) is 11.2. The summed E-state index contributed by atoms with van der Waals surface area (Å²) in [4.78, 5) is 5.32. The molecule has 0 atom stereocenters. The van der Waals surface area contributed by atoms with Crippen LogP contribution < -0.4 is 0 Å². The van der Waals surface area contributed by atoms with E-state index >= 15 is 0 Å². The van der Waals surface area contributed by atoms with E-state index in [2.05, 4.69) is 162 Å². The summed E-state index contributed by atoms with van der Waals surface area (Å²) in [6, 6.07) is 52.0. The van der Waals surface area contributed by atoms with Crippen LogP contribution >= 0.6 is 11.3 Å². The average molecular weight is 569 g/mol. The summed E-state index contributed by atoms with van der Waals surface area (Å²) >= 11 is 1.78. The number of hydrogen-bond donors (Lipinski definition) is 0. The normalized spacial score (nSPS) is 11.4. The van der Waals surface area contributed by atoms with Crippen molar-refractivity contribution in [1.82, 2.24) is 9.55 Å². The molecule has 2 nitrogen and oxygen atoms in total. The molecule has 0 spiro atoms. The summed E-state index contributed by atoms with van der Waals surface area (Å²) < 4.78 is 3.65. The maximum absolute atomic E-state index is 5.32. The summed E-state index contributed by atoms with van der Waals surface area (Å²) in [5.74, 6) is 0.957. The van der Waals surface area contributed by atoms with Gasteiger partial charge < -0.3 is 0 Å². The molecular weight excluding hydrogens is 541 g/mol. The number of imidazole rings is 1. The van der Waals surface area contributed by atoms with Gasteiger partial charge in [-0.05, 0) is 65.1 Å². The Labute approximate surface area is 255 Å². The first-order chi connectivity index (χ1) is 21.2. The van der Waals surface area contributed by atoms with Crippen molar-refractivity contribution < 1.29 is 0 Å². The van der Waals surface area contributed by atoms with Crippen molar-refractivity contribution in [3.8, 4) is 50.5 Å². The van der Waals surface area contributed by atoms with Gasteiger partial charge in [-0.2, -0.15) is 0 Å². The fourth-order valence-electron chi connectivity index (χ4n) is 6.14. The smallest absolute Gasteiger partial charge is 0.147 e. The third-order valence-corrected chi connectivity index (χ3v) is 9.08. The Morgan fingerprint density at radius 3 is 1.77 bits per heavy atom. The van der Waals surface area contributed by atoms with Crippen molar-refractivity contribution >= 4 is 32.5 Å². The molecule has 0 saturated carbocycles. The van der Waals surface area contributed by atoms with E-state index < -0.39 is 0 Å². The van der Waals surface area contributed by atoms with Crippen LogP contribution in [0.15, 0.2) is 151 Å². The molecule has 6 aromatic carbocycles. The van der Waals surface area contributed by atoms with Gasteiger partial charge in [0, 0.05) is 32.2 Å². The Morgan fingerprint density at radius 1 is 0.535 bits per heavy atom. The van der Waals surface area contributed by atoms with Crippen molar-refractivity contribution in [2.24, 2.45) is 0 Å². The highest BCUT2D eigenvalue weighted by atomic mass is 32.1. The van der Waals surface area contributed by atoms with Crippen LogP contribution in [-0.4, -0.2) is 9.55 Å². The lowest BCUT2D eigenvalue weighted by molar-refractivity contribution is 1.11. The number of thiophene rings is 1. The second-order valence-corrected chi connectivity index (χ2v) is 11.8. The molecule has 0 aliphatic carbocycles. The Bertz CT molecular complexity index is 2170. The lowest BCUT2D eigenvalue weighted by Gasteiger charge is -2.20. The molecule has 43 heavy (non-hydrogen) atoms. The summed E-state index contributed by atoms with van der Waals surface area (Å²) in [6.07, 6.45) is 0. The predicted molar refractivity (Wildman–Crippen MR) is 183 cm³/mol. The van der Waals surface area contributed by atoms with Gasteiger partial charge in [0.15, 0.2) is 0 Å². The first-order valence-electron chi connectivity index (χ1n) is 14.5. The molecule has 2 aromatic heterocycles. The lowest BCUT2D eigenvalue weighted by Crippen LogP contribution is -2.03. The molecule has 0 fully saturated rings. The van der Waals surface area contributed by atoms with Gasteiger partial charge in [-0.25, -0.2) is 4.98 Å². The minimum Gasteiger partial charge on any atom is -0.291 e. The van der Waals surface area contributed by atoms with Gasteiger partial charge in [-0.3, -0.25) is 4.57 Å². The van der Waals surface area contributed by atoms with Crippen molar-refractivity contribution in [2.45, 2.75) is 6.92 Å². The van der Waals surface area contributed by atoms with E-state index in [-0.39, 0.29) is 0 Å². The number of nitrogens with zero attached hydrogens (tertiary/aromatic N) is 2. The van der Waals surface area contributed by atoms with Crippen LogP contribution in [0.3, 0.4) is 0 Å². The Hall–Kier alpha value is -5.25. The van der Waals surface area contributed by atoms with Gasteiger partial charge in [0.25, 0.3) is 0 Å². The molecule has 0 N–H and O–H groups in total. The molecule has 3 heteroatoms. The van der Waals surface area contributed by atoms with Gasteiger partial charge in [0.1, 0.15) is 5.82 Å². The van der Waals surface area contributed by atoms with Crippen LogP contribution in [0.5, 0.6) is 0 Å². The highest BCUT2D eigenvalue weighted by Crippen LogP contribution is 2.43. The molecule has 0 amide bonds. The summed E-state index contributed by atoms with van der Waals surface area (Å²) in [6.45, 7) is 2.19. The maximum atomic E-state index is 5.32. The first-order valence-corrected chi connectivity index (χ1v) is 15.4. The van der Waals surface area contributed by atoms with E-state index in [1.54, 1.807) is 11.3 Å². The molecular formula is C40H28N2S. The van der Waals surface area contributed by atoms with Crippen LogP contribution in [0, 0.1) is 6.92 Å². The third kappa shape index (κ3) is 4.46. The van der Waals surface area contributed by atoms with Gasteiger partial charge in [0.05, 0.1) is 16.7 Å². The van der Waals surface area contributed by atoms with E-state index in [1.165, 1.54) is 49.0 Å². The minimum absolute atomic E-state index is 0.957. The number of rotatable bonds is 5. The van der Waals surface area contributed by atoms with Crippen LogP contribution in [0.25, 0.3) is 71.6 Å². The Balaban J connectivity index is 1.44. The molecule has 204 valence electrons. The van der Waals surface area contributed by atoms with Gasteiger partial charge in [0.2, 0.25) is 0 Å². The van der Waals surface area contributed by atoms with Crippen LogP contribution in [0.1, 0.15) is 5.56 Å². The quantitative estimate of drug-likeness (QED) is 0.202. The number of benzene rings is 6. The fourth-order valence-corrected chi connectivity index (χ4v) is 7.12. The number of fused-ring (bicyclic) bond motifs is 2. The molecule has 0 saturated heterocycles. The zero-order valence-electron chi connectivity index (χ0n) is 23.7. The summed E-state index contributed by atoms with van der Waals surface area (Å²) in [5, 5.41) is 3.49. The standard InChI is InChI=1S/C40H28N2S/c1-27-23-33(29-15-7-3-8-16-29)39(34(24-27)30-17-9-4-10-18-30)42-37-20-12-11-19-36(37)41-40(42)35-26-43-38-25-31(21-22-32(35)38)28-13-5-2-6-14-28/h2-26H,1H3. The van der Waals surface area contributed by atoms with Crippen molar-refractivity contribution in [1.29, 1.82) is 0 Å². The summed E-state index contributed by atoms with van der Waals surface area (Å²) in [5.41, 5.74) is 12.8. The zero-order chi connectivity index (χ0) is 28.8. The monoisotopic (exact) mass is 568 g/mol. The Morgan fingerprint density at radius 2 is 1.12 bits per heavy atom. The van der Waals surface area contributed by atoms with Crippen LogP contribution in [0.2, 0.25) is 0 Å². The highest BCUT2D eigenvalue weighted by Gasteiger charge is 2.23. The number of aryl methyl sites for hydroxylation is 1. The SMILES string of the molecule is Cc1cc(-c2ccccc2)c(-n2c(-c3csc4cc(-c5ccccc5)ccc34)nc3ccccc32)c(-c2ccccc2)c1. The van der Waals surface area contributed by atoms with Gasteiger partial charge in [-0.15, -0.1) is 11.3 Å². The maximum Gasteiger partial charge on any atom is 0.147 e. The van der Waals surface area contributed by atoms with E-state index in [1.807, 2.05) is 0 Å². The van der Waals surface area contributed by atoms with Crippen molar-refractivity contribution in [3.63, 3.8) is 0 Å². The molecule has 2 heterocycles. The topological polar surface area (TPSA) is 17.8 Å². The molecule has 0 bridgehead atoms. The van der Waals surface area contributed by atoms with E-state index in [4.69, 9.17) is 4.98 Å². The Kier molecular flexibility index (Phi) is 6.24. The second kappa shape index (κ2) is 10.5.